The van der Waals surface area contributed by atoms with Gasteiger partial charge in [0.05, 0.1) is 12.7 Å². The molecule has 0 aromatic heterocycles. The zero-order valence-corrected chi connectivity index (χ0v) is 14.7. The van der Waals surface area contributed by atoms with Crippen molar-refractivity contribution in [3.05, 3.63) is 0 Å². The van der Waals surface area contributed by atoms with Crippen molar-refractivity contribution in [3.63, 3.8) is 0 Å². The van der Waals surface area contributed by atoms with Crippen LogP contribution in [0.2, 0.25) is 0 Å². The molecule has 3 saturated heterocycles. The lowest BCUT2D eigenvalue weighted by molar-refractivity contribution is -0.255. The normalized spacial score (nSPS) is 46.6. The van der Waals surface area contributed by atoms with Gasteiger partial charge in [0.1, 0.15) is 12.2 Å². The van der Waals surface area contributed by atoms with Crippen molar-refractivity contribution in [2.75, 3.05) is 6.61 Å². The fourth-order valence-electron chi connectivity index (χ4n) is 5.38. The molecule has 3 aliphatic heterocycles. The fraction of sp³-hybridized carbons (Fsp3) is 1.00. The first-order valence-corrected chi connectivity index (χ1v) is 10.0. The molecule has 2 aliphatic carbocycles. The molecule has 0 N–H and O–H groups in total. The Morgan fingerprint density at radius 3 is 2.04 bits per heavy atom. The molecule has 136 valence electrons. The van der Waals surface area contributed by atoms with Crippen molar-refractivity contribution in [2.45, 2.75) is 107 Å². The summed E-state index contributed by atoms with van der Waals surface area (Å²) in [5, 5.41) is 0. The van der Waals surface area contributed by atoms with E-state index in [-0.39, 0.29) is 42.1 Å². The third kappa shape index (κ3) is 2.55. The van der Waals surface area contributed by atoms with Gasteiger partial charge in [-0.2, -0.15) is 0 Å². The first-order valence-electron chi connectivity index (χ1n) is 10.0. The summed E-state index contributed by atoms with van der Waals surface area (Å²) in [5.41, 5.74) is 0. The van der Waals surface area contributed by atoms with Gasteiger partial charge in [-0.3, -0.25) is 0 Å². The molecule has 0 radical (unpaired) electrons. The maximum atomic E-state index is 6.41. The summed E-state index contributed by atoms with van der Waals surface area (Å²) in [4.78, 5) is 0. The molecular formula is C19H30O5. The molecule has 5 nitrogen and oxygen atoms in total. The highest BCUT2D eigenvalue weighted by Gasteiger charge is 2.59. The molecule has 0 unspecified atom stereocenters. The van der Waals surface area contributed by atoms with Gasteiger partial charge < -0.3 is 23.7 Å². The first-order chi connectivity index (χ1) is 11.7. The Hall–Kier alpha value is -0.200. The van der Waals surface area contributed by atoms with Crippen LogP contribution < -0.4 is 0 Å². The molecule has 0 aromatic carbocycles. The van der Waals surface area contributed by atoms with Crippen molar-refractivity contribution in [3.8, 4) is 0 Å². The van der Waals surface area contributed by atoms with E-state index in [0.717, 1.165) is 25.7 Å². The van der Waals surface area contributed by atoms with Crippen molar-refractivity contribution in [2.24, 2.45) is 5.92 Å². The van der Waals surface area contributed by atoms with E-state index in [9.17, 15) is 0 Å². The quantitative estimate of drug-likeness (QED) is 0.732. The van der Waals surface area contributed by atoms with Gasteiger partial charge in [0, 0.05) is 31.6 Å². The van der Waals surface area contributed by atoms with Crippen LogP contribution in [0.25, 0.3) is 0 Å². The fourth-order valence-corrected chi connectivity index (χ4v) is 5.38. The van der Waals surface area contributed by atoms with Crippen LogP contribution in [0.5, 0.6) is 0 Å². The van der Waals surface area contributed by atoms with E-state index in [2.05, 4.69) is 6.92 Å². The molecule has 24 heavy (non-hydrogen) atoms. The maximum absolute atomic E-state index is 6.41. The Labute approximate surface area is 144 Å². The van der Waals surface area contributed by atoms with Crippen LogP contribution in [-0.4, -0.2) is 42.8 Å². The lowest BCUT2D eigenvalue weighted by Gasteiger charge is -2.35. The Kier molecular flexibility index (Phi) is 3.95. The van der Waals surface area contributed by atoms with Gasteiger partial charge in [-0.1, -0.05) is 19.8 Å². The minimum absolute atomic E-state index is 0.0122. The molecule has 5 atom stereocenters. The van der Waals surface area contributed by atoms with Crippen LogP contribution in [0.3, 0.4) is 0 Å². The van der Waals surface area contributed by atoms with E-state index in [0.29, 0.717) is 6.61 Å². The van der Waals surface area contributed by atoms with E-state index in [1.54, 1.807) is 0 Å². The van der Waals surface area contributed by atoms with Gasteiger partial charge in [-0.05, 0) is 25.7 Å². The Balaban J connectivity index is 1.24. The molecule has 2 saturated carbocycles. The summed E-state index contributed by atoms with van der Waals surface area (Å²) < 4.78 is 31.5. The first kappa shape index (κ1) is 16.0. The summed E-state index contributed by atoms with van der Waals surface area (Å²) in [6.07, 6.45) is 11.3. The summed E-state index contributed by atoms with van der Waals surface area (Å²) in [6, 6.07) is 0. The van der Waals surface area contributed by atoms with Gasteiger partial charge in [-0.15, -0.1) is 0 Å². The number of rotatable bonds is 1. The highest BCUT2D eigenvalue weighted by Crippen LogP contribution is 2.49. The molecule has 0 aromatic rings. The van der Waals surface area contributed by atoms with Gasteiger partial charge in [0.2, 0.25) is 0 Å². The second-order valence-electron chi connectivity index (χ2n) is 8.44. The largest absolute Gasteiger partial charge is 0.347 e. The van der Waals surface area contributed by atoms with Gasteiger partial charge >= 0.3 is 0 Å². The zero-order chi connectivity index (χ0) is 16.2. The highest BCUT2D eigenvalue weighted by atomic mass is 16.8. The summed E-state index contributed by atoms with van der Waals surface area (Å²) in [5.74, 6) is -0.427. The summed E-state index contributed by atoms with van der Waals surface area (Å²) in [7, 11) is 0. The van der Waals surface area contributed by atoms with Crippen LogP contribution in [0.1, 0.15) is 71.1 Å². The van der Waals surface area contributed by atoms with Crippen LogP contribution in [-0.2, 0) is 23.7 Å². The molecule has 5 aliphatic rings. The third-order valence-corrected chi connectivity index (χ3v) is 6.75. The maximum Gasteiger partial charge on any atom is 0.187 e. The Morgan fingerprint density at radius 1 is 0.708 bits per heavy atom. The molecule has 0 amide bonds. The predicted octanol–water partition coefficient (Wildman–Crippen LogP) is 3.50. The molecule has 3 heterocycles. The second kappa shape index (κ2) is 5.92. The minimum Gasteiger partial charge on any atom is -0.347 e. The lowest BCUT2D eigenvalue weighted by atomic mass is 9.93. The van der Waals surface area contributed by atoms with Crippen molar-refractivity contribution >= 4 is 0 Å². The lowest BCUT2D eigenvalue weighted by Crippen LogP contribution is -2.41. The zero-order valence-electron chi connectivity index (χ0n) is 14.7. The minimum atomic E-state index is -0.371. The predicted molar refractivity (Wildman–Crippen MR) is 86.2 cm³/mol. The number of hydrogen-bond acceptors (Lipinski definition) is 5. The average Bonchev–Trinajstić information content (AvgIpc) is 3.23. The van der Waals surface area contributed by atoms with E-state index >= 15 is 0 Å². The summed E-state index contributed by atoms with van der Waals surface area (Å²) in [6.45, 7) is 2.86. The highest BCUT2D eigenvalue weighted by molar-refractivity contribution is 4.98. The standard InChI is InChI=1S/C19H30O5/c1-13-15(14-12-20-18(22-14)8-4-2-5-9-18)21-17-16(13)23-19(24-17)10-6-3-7-11-19/h13-17H,2-12H2,1H3/t13-,14+,15-,16+,17+/m0/s1. The molecule has 5 heteroatoms. The third-order valence-electron chi connectivity index (χ3n) is 6.75. The van der Waals surface area contributed by atoms with Crippen molar-refractivity contribution < 1.29 is 23.7 Å². The molecule has 5 fully saturated rings. The average molecular weight is 338 g/mol. The van der Waals surface area contributed by atoms with E-state index < -0.39 is 0 Å². The number of fused-ring (bicyclic) bond motifs is 1. The van der Waals surface area contributed by atoms with E-state index in [1.807, 2.05) is 0 Å². The van der Waals surface area contributed by atoms with Crippen molar-refractivity contribution in [1.29, 1.82) is 0 Å². The Morgan fingerprint density at radius 2 is 1.38 bits per heavy atom. The van der Waals surface area contributed by atoms with Crippen LogP contribution >= 0.6 is 0 Å². The van der Waals surface area contributed by atoms with Crippen LogP contribution in [0.15, 0.2) is 0 Å². The second-order valence-corrected chi connectivity index (χ2v) is 8.44. The summed E-state index contributed by atoms with van der Waals surface area (Å²) >= 11 is 0. The molecule has 0 bridgehead atoms. The smallest absolute Gasteiger partial charge is 0.187 e. The monoisotopic (exact) mass is 338 g/mol. The van der Waals surface area contributed by atoms with Gasteiger partial charge in [0.15, 0.2) is 17.9 Å². The van der Waals surface area contributed by atoms with Crippen LogP contribution in [0.4, 0.5) is 0 Å². The number of ether oxygens (including phenoxy) is 5. The topological polar surface area (TPSA) is 46.2 Å². The Bertz CT molecular complexity index is 468. The molecule has 5 rings (SSSR count). The van der Waals surface area contributed by atoms with E-state index in [4.69, 9.17) is 23.7 Å². The van der Waals surface area contributed by atoms with Gasteiger partial charge in [0.25, 0.3) is 0 Å². The molecular weight excluding hydrogens is 308 g/mol. The van der Waals surface area contributed by atoms with Gasteiger partial charge in [-0.25, -0.2) is 0 Å². The van der Waals surface area contributed by atoms with Crippen LogP contribution in [0, 0.1) is 5.92 Å². The SMILES string of the molecule is C[C@@H]1[C@H]2OC3(CCCCC3)O[C@H]2O[C@@H]1[C@H]1COC2(CCCCC2)O1. The van der Waals surface area contributed by atoms with Crippen molar-refractivity contribution in [1.82, 2.24) is 0 Å². The molecule has 2 spiro atoms. The van der Waals surface area contributed by atoms with E-state index in [1.165, 1.54) is 38.5 Å². The number of hydrogen-bond donors (Lipinski definition) is 0.